The molecule has 0 aromatic heterocycles. The lowest BCUT2D eigenvalue weighted by molar-refractivity contribution is 0.00898. The van der Waals surface area contributed by atoms with Crippen molar-refractivity contribution in [2.75, 3.05) is 11.6 Å². The molecule has 7 heteroatoms. The van der Waals surface area contributed by atoms with Crippen molar-refractivity contribution in [1.82, 2.24) is 5.43 Å². The maximum absolute atomic E-state index is 12.4. The van der Waals surface area contributed by atoms with Gasteiger partial charge in [0.15, 0.2) is 5.06 Å². The van der Waals surface area contributed by atoms with Crippen LogP contribution in [0.5, 0.6) is 0 Å². The number of amides is 1. The van der Waals surface area contributed by atoms with Gasteiger partial charge in [-0.05, 0) is 49.7 Å². The SMILES string of the molecule is CC#CCOC1(C2CC2)NN(c2ccc(Cl)cc2Cl)C(=O)S1. The minimum absolute atomic E-state index is 0.152. The zero-order valence-corrected chi connectivity index (χ0v) is 14.2. The molecular weight excluding hydrogens is 343 g/mol. The number of ether oxygens (including phenoxy) is 1. The van der Waals surface area contributed by atoms with Gasteiger partial charge in [0.1, 0.15) is 6.61 Å². The number of hydrogen-bond acceptors (Lipinski definition) is 4. The second kappa shape index (κ2) is 6.31. The van der Waals surface area contributed by atoms with Gasteiger partial charge in [0.05, 0.1) is 10.7 Å². The zero-order valence-electron chi connectivity index (χ0n) is 11.9. The van der Waals surface area contributed by atoms with Gasteiger partial charge in [0.2, 0.25) is 0 Å². The summed E-state index contributed by atoms with van der Waals surface area (Å²) in [5, 5.41) is 1.45. The second-order valence-electron chi connectivity index (χ2n) is 5.07. The van der Waals surface area contributed by atoms with E-state index in [1.165, 1.54) is 5.01 Å². The largest absolute Gasteiger partial charge is 0.336 e. The van der Waals surface area contributed by atoms with E-state index in [9.17, 15) is 4.79 Å². The van der Waals surface area contributed by atoms with Gasteiger partial charge in [-0.3, -0.25) is 4.79 Å². The summed E-state index contributed by atoms with van der Waals surface area (Å²) >= 11 is 13.3. The van der Waals surface area contributed by atoms with E-state index in [1.54, 1.807) is 25.1 Å². The Balaban J connectivity index is 1.85. The first-order valence-electron chi connectivity index (χ1n) is 6.85. The summed E-state index contributed by atoms with van der Waals surface area (Å²) in [6.45, 7) is 2.04. The van der Waals surface area contributed by atoms with Gasteiger partial charge in [-0.1, -0.05) is 29.1 Å². The number of hydrogen-bond donors (Lipinski definition) is 1. The normalized spacial score (nSPS) is 24.3. The molecule has 116 valence electrons. The molecule has 3 rings (SSSR count). The zero-order chi connectivity index (χ0) is 15.7. The first kappa shape index (κ1) is 16.0. The molecule has 1 aliphatic heterocycles. The molecule has 0 bridgehead atoms. The van der Waals surface area contributed by atoms with Crippen molar-refractivity contribution in [3.05, 3.63) is 28.2 Å². The number of anilines is 1. The summed E-state index contributed by atoms with van der Waals surface area (Å²) in [5.41, 5.74) is 3.75. The van der Waals surface area contributed by atoms with Crippen molar-refractivity contribution in [3.8, 4) is 11.8 Å². The van der Waals surface area contributed by atoms with Crippen molar-refractivity contribution < 1.29 is 9.53 Å². The molecule has 1 amide bonds. The molecule has 0 radical (unpaired) electrons. The fourth-order valence-corrected chi connectivity index (χ4v) is 3.90. The Kier molecular flexibility index (Phi) is 4.58. The maximum Gasteiger partial charge on any atom is 0.304 e. The van der Waals surface area contributed by atoms with Crippen LogP contribution in [0.25, 0.3) is 0 Å². The lowest BCUT2D eigenvalue weighted by Crippen LogP contribution is -2.49. The third kappa shape index (κ3) is 3.08. The van der Waals surface area contributed by atoms with E-state index in [0.29, 0.717) is 15.7 Å². The number of carbonyl (C=O) groups is 1. The third-order valence-corrected chi connectivity index (χ3v) is 5.23. The Morgan fingerprint density at radius 3 is 2.91 bits per heavy atom. The van der Waals surface area contributed by atoms with Crippen LogP contribution in [0, 0.1) is 17.8 Å². The molecule has 2 fully saturated rings. The van der Waals surface area contributed by atoms with Gasteiger partial charge in [0.25, 0.3) is 0 Å². The van der Waals surface area contributed by atoms with E-state index >= 15 is 0 Å². The summed E-state index contributed by atoms with van der Waals surface area (Å²) in [4.78, 5) is 12.4. The fraction of sp³-hybridized carbons (Fsp3) is 0.400. The predicted octanol–water partition coefficient (Wildman–Crippen LogP) is 4.27. The van der Waals surface area contributed by atoms with E-state index in [4.69, 9.17) is 27.9 Å². The van der Waals surface area contributed by atoms with Gasteiger partial charge in [0, 0.05) is 10.9 Å². The molecule has 1 unspecified atom stereocenters. The molecular formula is C15H14Cl2N2O2S. The Bertz CT molecular complexity index is 669. The molecule has 2 aliphatic rings. The number of nitrogens with one attached hydrogen (secondary N) is 1. The summed E-state index contributed by atoms with van der Waals surface area (Å²) in [6, 6.07) is 5.02. The highest BCUT2D eigenvalue weighted by molar-refractivity contribution is 8.15. The average molecular weight is 357 g/mol. The molecule has 1 saturated heterocycles. The van der Waals surface area contributed by atoms with Crippen LogP contribution in [0.1, 0.15) is 19.8 Å². The highest BCUT2D eigenvalue weighted by Crippen LogP contribution is 2.51. The number of hydrazine groups is 1. The predicted molar refractivity (Wildman–Crippen MR) is 89.9 cm³/mol. The minimum Gasteiger partial charge on any atom is -0.336 e. The lowest BCUT2D eigenvalue weighted by atomic mass is 10.3. The second-order valence-corrected chi connectivity index (χ2v) is 7.07. The molecule has 4 nitrogen and oxygen atoms in total. The van der Waals surface area contributed by atoms with E-state index in [1.807, 2.05) is 0 Å². The quantitative estimate of drug-likeness (QED) is 0.817. The summed E-state index contributed by atoms with van der Waals surface area (Å²) in [5.74, 6) is 5.95. The number of carbonyl (C=O) groups excluding carboxylic acids is 1. The number of rotatable bonds is 4. The number of thioether (sulfide) groups is 1. The summed E-state index contributed by atoms with van der Waals surface area (Å²) in [6.07, 6.45) is 2.05. The van der Waals surface area contributed by atoms with Crippen molar-refractivity contribution >= 4 is 45.9 Å². The first-order chi connectivity index (χ1) is 10.6. The van der Waals surface area contributed by atoms with E-state index in [2.05, 4.69) is 17.3 Å². The summed E-state index contributed by atoms with van der Waals surface area (Å²) in [7, 11) is 0. The topological polar surface area (TPSA) is 41.6 Å². The van der Waals surface area contributed by atoms with Crippen molar-refractivity contribution in [2.45, 2.75) is 24.8 Å². The molecule has 1 aromatic carbocycles. The molecule has 1 heterocycles. The number of benzene rings is 1. The highest BCUT2D eigenvalue weighted by Gasteiger charge is 2.55. The highest BCUT2D eigenvalue weighted by atomic mass is 35.5. The van der Waals surface area contributed by atoms with Crippen molar-refractivity contribution in [1.29, 1.82) is 0 Å². The van der Waals surface area contributed by atoms with Crippen molar-refractivity contribution in [3.63, 3.8) is 0 Å². The van der Waals surface area contributed by atoms with Crippen LogP contribution in [0.2, 0.25) is 10.0 Å². The van der Waals surface area contributed by atoms with Crippen LogP contribution in [0.4, 0.5) is 10.5 Å². The average Bonchev–Trinajstić information content (AvgIpc) is 3.26. The van der Waals surface area contributed by atoms with E-state index < -0.39 is 5.06 Å². The van der Waals surface area contributed by atoms with Crippen molar-refractivity contribution in [2.24, 2.45) is 5.92 Å². The van der Waals surface area contributed by atoms with Gasteiger partial charge < -0.3 is 4.74 Å². The molecule has 1 N–H and O–H groups in total. The number of halogens is 2. The van der Waals surface area contributed by atoms with Gasteiger partial charge in [-0.25, -0.2) is 5.01 Å². The molecule has 0 spiro atoms. The monoisotopic (exact) mass is 356 g/mol. The lowest BCUT2D eigenvalue weighted by Gasteiger charge is -2.28. The first-order valence-corrected chi connectivity index (χ1v) is 8.42. The Labute approximate surface area is 143 Å². The molecule has 1 saturated carbocycles. The Morgan fingerprint density at radius 2 is 2.27 bits per heavy atom. The maximum atomic E-state index is 12.4. The van der Waals surface area contributed by atoms with E-state index in [-0.39, 0.29) is 17.8 Å². The van der Waals surface area contributed by atoms with Gasteiger partial charge >= 0.3 is 5.24 Å². The molecule has 1 aliphatic carbocycles. The molecule has 22 heavy (non-hydrogen) atoms. The smallest absolute Gasteiger partial charge is 0.304 e. The van der Waals surface area contributed by atoms with Crippen LogP contribution >= 0.6 is 35.0 Å². The van der Waals surface area contributed by atoms with E-state index in [0.717, 1.165) is 24.6 Å². The van der Waals surface area contributed by atoms with Gasteiger partial charge in [-0.2, -0.15) is 5.43 Å². The van der Waals surface area contributed by atoms with Crippen LogP contribution < -0.4 is 10.4 Å². The van der Waals surface area contributed by atoms with Crippen LogP contribution in [0.15, 0.2) is 18.2 Å². The minimum atomic E-state index is -0.760. The molecule has 1 atom stereocenters. The summed E-state index contributed by atoms with van der Waals surface area (Å²) < 4.78 is 5.89. The standard InChI is InChI=1S/C15H14Cl2N2O2S/c1-2-3-8-21-15(10-4-5-10)18-19(14(20)22-15)13-7-6-11(16)9-12(13)17/h6-7,9-10,18H,4-5,8H2,1H3. The third-order valence-electron chi connectivity index (χ3n) is 3.49. The number of nitrogens with zero attached hydrogens (tertiary/aromatic N) is 1. The fourth-order valence-electron chi connectivity index (χ4n) is 2.25. The van der Waals surface area contributed by atoms with Crippen LogP contribution in [-0.4, -0.2) is 16.9 Å². The van der Waals surface area contributed by atoms with Crippen LogP contribution in [-0.2, 0) is 4.74 Å². The molecule has 1 aromatic rings. The Hall–Kier alpha value is -0.900. The van der Waals surface area contributed by atoms with Crippen LogP contribution in [0.3, 0.4) is 0 Å². The Morgan fingerprint density at radius 1 is 1.50 bits per heavy atom. The van der Waals surface area contributed by atoms with Gasteiger partial charge in [-0.15, -0.1) is 5.92 Å².